The number of aromatic nitrogens is 3. The number of anilines is 1. The van der Waals surface area contributed by atoms with Crippen LogP contribution in [0.4, 0.5) is 5.69 Å². The summed E-state index contributed by atoms with van der Waals surface area (Å²) in [6.45, 7) is 0. The summed E-state index contributed by atoms with van der Waals surface area (Å²) < 4.78 is 33.8. The second-order valence-electron chi connectivity index (χ2n) is 5.12. The van der Waals surface area contributed by atoms with Crippen molar-refractivity contribution >= 4 is 33.3 Å². The molecule has 2 aromatic carbocycles. The molecule has 0 aliphatic rings. The lowest BCUT2D eigenvalue weighted by Gasteiger charge is -2.13. The number of ether oxygens (including phenoxy) is 1. The monoisotopic (exact) mass is 392 g/mol. The standard InChI is InChI=1S/C16H13ClN4O4S/c1-25-16(22)11-2-5-13(6-3-11)26(23,24)20-14-8-12(17)4-7-15(14)21-10-18-9-19-21/h2-10,20H,1H3. The third-order valence-corrected chi connectivity index (χ3v) is 5.07. The van der Waals surface area contributed by atoms with Gasteiger partial charge in [0, 0.05) is 5.02 Å². The molecule has 0 unspecified atom stereocenters. The Labute approximate surface area is 154 Å². The summed E-state index contributed by atoms with van der Waals surface area (Å²) in [5.41, 5.74) is 0.944. The maximum absolute atomic E-state index is 12.7. The second kappa shape index (κ2) is 7.14. The summed E-state index contributed by atoms with van der Waals surface area (Å²) in [6.07, 6.45) is 2.77. The van der Waals surface area contributed by atoms with Crippen molar-refractivity contribution in [3.8, 4) is 5.69 Å². The molecule has 0 bridgehead atoms. The first-order chi connectivity index (χ1) is 12.4. The molecule has 134 valence electrons. The van der Waals surface area contributed by atoms with E-state index in [1.165, 1.54) is 54.8 Å². The van der Waals surface area contributed by atoms with Gasteiger partial charge in [0.25, 0.3) is 10.0 Å². The van der Waals surface area contributed by atoms with E-state index in [9.17, 15) is 13.2 Å². The Morgan fingerprint density at radius 2 is 1.92 bits per heavy atom. The van der Waals surface area contributed by atoms with Gasteiger partial charge in [-0.25, -0.2) is 22.9 Å². The Morgan fingerprint density at radius 1 is 1.19 bits per heavy atom. The number of hydrogen-bond acceptors (Lipinski definition) is 6. The summed E-state index contributed by atoms with van der Waals surface area (Å²) in [7, 11) is -2.67. The zero-order chi connectivity index (χ0) is 18.7. The molecule has 0 saturated carbocycles. The van der Waals surface area contributed by atoms with Gasteiger partial charge in [-0.05, 0) is 42.5 Å². The summed E-state index contributed by atoms with van der Waals surface area (Å²) >= 11 is 5.99. The molecule has 3 rings (SSSR count). The van der Waals surface area contributed by atoms with Crippen LogP contribution in [0.2, 0.25) is 5.02 Å². The van der Waals surface area contributed by atoms with E-state index < -0.39 is 16.0 Å². The highest BCUT2D eigenvalue weighted by Crippen LogP contribution is 2.26. The number of rotatable bonds is 5. The fraction of sp³-hybridized carbons (Fsp3) is 0.0625. The Balaban J connectivity index is 1.95. The molecule has 0 atom stereocenters. The zero-order valence-corrected chi connectivity index (χ0v) is 15.0. The molecule has 0 fully saturated rings. The van der Waals surface area contributed by atoms with Gasteiger partial charge in [-0.2, -0.15) is 5.10 Å². The Hall–Kier alpha value is -2.91. The van der Waals surface area contributed by atoms with Gasteiger partial charge in [-0.3, -0.25) is 4.72 Å². The molecule has 1 N–H and O–H groups in total. The van der Waals surface area contributed by atoms with Gasteiger partial charge < -0.3 is 4.74 Å². The third-order valence-electron chi connectivity index (χ3n) is 3.45. The van der Waals surface area contributed by atoms with Crippen LogP contribution in [0.5, 0.6) is 0 Å². The van der Waals surface area contributed by atoms with Gasteiger partial charge in [0.1, 0.15) is 12.7 Å². The Kier molecular flexibility index (Phi) is 4.92. The highest BCUT2D eigenvalue weighted by molar-refractivity contribution is 7.92. The lowest BCUT2D eigenvalue weighted by Crippen LogP contribution is -2.15. The molecule has 0 aliphatic heterocycles. The third kappa shape index (κ3) is 3.68. The number of esters is 1. The minimum atomic E-state index is -3.92. The Bertz CT molecular complexity index is 1030. The number of hydrogen-bond donors (Lipinski definition) is 1. The van der Waals surface area contributed by atoms with Crippen molar-refractivity contribution in [1.82, 2.24) is 14.8 Å². The van der Waals surface area contributed by atoms with Crippen molar-refractivity contribution in [2.75, 3.05) is 11.8 Å². The van der Waals surface area contributed by atoms with E-state index in [0.717, 1.165) is 0 Å². The minimum absolute atomic E-state index is 0.0188. The molecule has 0 amide bonds. The van der Waals surface area contributed by atoms with E-state index in [0.29, 0.717) is 10.7 Å². The number of halogens is 1. The predicted octanol–water partition coefficient (Wildman–Crippen LogP) is 2.51. The van der Waals surface area contributed by atoms with E-state index >= 15 is 0 Å². The van der Waals surface area contributed by atoms with Crippen molar-refractivity contribution in [3.05, 3.63) is 65.7 Å². The molecule has 0 radical (unpaired) electrons. The van der Waals surface area contributed by atoms with Crippen LogP contribution in [0.15, 0.2) is 60.0 Å². The van der Waals surface area contributed by atoms with Crippen molar-refractivity contribution < 1.29 is 17.9 Å². The van der Waals surface area contributed by atoms with E-state index in [-0.39, 0.29) is 16.1 Å². The number of nitrogens with zero attached hydrogens (tertiary/aromatic N) is 3. The molecule has 8 nitrogen and oxygen atoms in total. The molecule has 0 saturated heterocycles. The first-order valence-electron chi connectivity index (χ1n) is 7.26. The largest absolute Gasteiger partial charge is 0.465 e. The van der Waals surface area contributed by atoms with Crippen molar-refractivity contribution in [2.24, 2.45) is 0 Å². The highest BCUT2D eigenvalue weighted by Gasteiger charge is 2.18. The average molecular weight is 393 g/mol. The SMILES string of the molecule is COC(=O)c1ccc(S(=O)(=O)Nc2cc(Cl)ccc2-n2cncn2)cc1. The van der Waals surface area contributed by atoms with Crippen LogP contribution in [0.1, 0.15) is 10.4 Å². The van der Waals surface area contributed by atoms with Crippen LogP contribution < -0.4 is 4.72 Å². The number of carbonyl (C=O) groups excluding carboxylic acids is 1. The average Bonchev–Trinajstić information content (AvgIpc) is 3.15. The maximum atomic E-state index is 12.7. The lowest BCUT2D eigenvalue weighted by molar-refractivity contribution is 0.0600. The molecule has 26 heavy (non-hydrogen) atoms. The topological polar surface area (TPSA) is 103 Å². The van der Waals surface area contributed by atoms with Crippen molar-refractivity contribution in [1.29, 1.82) is 0 Å². The number of methoxy groups -OCH3 is 1. The number of sulfonamides is 1. The first-order valence-corrected chi connectivity index (χ1v) is 9.12. The molecule has 1 aromatic heterocycles. The van der Waals surface area contributed by atoms with E-state index in [2.05, 4.69) is 19.5 Å². The van der Waals surface area contributed by atoms with Crippen LogP contribution in [0.3, 0.4) is 0 Å². The van der Waals surface area contributed by atoms with Crippen LogP contribution in [-0.2, 0) is 14.8 Å². The van der Waals surface area contributed by atoms with Gasteiger partial charge in [-0.15, -0.1) is 0 Å². The van der Waals surface area contributed by atoms with Gasteiger partial charge in [0.2, 0.25) is 0 Å². The zero-order valence-electron chi connectivity index (χ0n) is 13.5. The molecule has 0 aliphatic carbocycles. The fourth-order valence-electron chi connectivity index (χ4n) is 2.21. The molecule has 3 aromatic rings. The van der Waals surface area contributed by atoms with Crippen molar-refractivity contribution in [3.63, 3.8) is 0 Å². The van der Waals surface area contributed by atoms with Crippen LogP contribution >= 0.6 is 11.6 Å². The summed E-state index contributed by atoms with van der Waals surface area (Å²) in [5, 5.41) is 4.35. The predicted molar refractivity (Wildman–Crippen MR) is 95.0 cm³/mol. The highest BCUT2D eigenvalue weighted by atomic mass is 35.5. The van der Waals surface area contributed by atoms with Crippen LogP contribution in [0.25, 0.3) is 5.69 Å². The summed E-state index contributed by atoms with van der Waals surface area (Å²) in [4.78, 5) is 15.3. The number of benzene rings is 2. The molecule has 1 heterocycles. The van der Waals surface area contributed by atoms with Gasteiger partial charge in [-0.1, -0.05) is 11.6 Å². The second-order valence-corrected chi connectivity index (χ2v) is 7.24. The van der Waals surface area contributed by atoms with E-state index in [1.807, 2.05) is 0 Å². The molecular weight excluding hydrogens is 380 g/mol. The van der Waals surface area contributed by atoms with Gasteiger partial charge in [0.15, 0.2) is 0 Å². The fourth-order valence-corrected chi connectivity index (χ4v) is 3.45. The maximum Gasteiger partial charge on any atom is 0.337 e. The quantitative estimate of drug-likeness (QED) is 0.669. The molecule has 10 heteroatoms. The van der Waals surface area contributed by atoms with Gasteiger partial charge >= 0.3 is 5.97 Å². The van der Waals surface area contributed by atoms with E-state index in [4.69, 9.17) is 11.6 Å². The van der Waals surface area contributed by atoms with E-state index in [1.54, 1.807) is 12.1 Å². The summed E-state index contributed by atoms with van der Waals surface area (Å²) in [5.74, 6) is -0.551. The minimum Gasteiger partial charge on any atom is -0.465 e. The summed E-state index contributed by atoms with van der Waals surface area (Å²) in [6, 6.07) is 10.1. The van der Waals surface area contributed by atoms with Gasteiger partial charge in [0.05, 0.1) is 28.9 Å². The van der Waals surface area contributed by atoms with Crippen molar-refractivity contribution in [2.45, 2.75) is 4.90 Å². The Morgan fingerprint density at radius 3 is 2.54 bits per heavy atom. The van der Waals surface area contributed by atoms with Crippen LogP contribution in [0, 0.1) is 0 Å². The molecular formula is C16H13ClN4O4S. The van der Waals surface area contributed by atoms with Crippen LogP contribution in [-0.4, -0.2) is 36.3 Å². The molecule has 0 spiro atoms. The smallest absolute Gasteiger partial charge is 0.337 e. The first kappa shape index (κ1) is 17.9. The lowest BCUT2D eigenvalue weighted by atomic mass is 10.2. The normalized spacial score (nSPS) is 11.2. The number of carbonyl (C=O) groups is 1. The number of nitrogens with one attached hydrogen (secondary N) is 1.